The maximum atomic E-state index is 13.4. The average Bonchev–Trinajstić information content (AvgIpc) is 3.10. The normalized spacial score (nSPS) is 11.2. The Balaban J connectivity index is 0.00000409. The van der Waals surface area contributed by atoms with E-state index in [-0.39, 0.29) is 24.6 Å². The van der Waals surface area contributed by atoms with Crippen molar-refractivity contribution in [3.63, 3.8) is 0 Å². The first-order valence-electron chi connectivity index (χ1n) is 15.9. The summed E-state index contributed by atoms with van der Waals surface area (Å²) in [5.74, 6) is -0.0199. The van der Waals surface area contributed by atoms with E-state index in [1.54, 1.807) is 24.9 Å². The molecule has 0 aliphatic rings. The van der Waals surface area contributed by atoms with Crippen molar-refractivity contribution in [3.05, 3.63) is 65.9 Å². The Hall–Kier alpha value is -4.32. The van der Waals surface area contributed by atoms with Crippen molar-refractivity contribution in [3.8, 4) is 11.8 Å². The molecule has 0 bridgehead atoms. The largest absolute Gasteiger partial charge is 0.489 e. The van der Waals surface area contributed by atoms with Crippen LogP contribution in [0.15, 0.2) is 54.7 Å². The lowest BCUT2D eigenvalue weighted by Gasteiger charge is -2.38. The Bertz CT molecular complexity index is 1560. The molecule has 2 amide bonds. The van der Waals surface area contributed by atoms with E-state index in [0.717, 1.165) is 27.9 Å². The van der Waals surface area contributed by atoms with Crippen molar-refractivity contribution < 1.29 is 37.0 Å². The van der Waals surface area contributed by atoms with E-state index < -0.39 is 28.7 Å². The van der Waals surface area contributed by atoms with Crippen molar-refractivity contribution in [2.75, 3.05) is 58.1 Å². The van der Waals surface area contributed by atoms with Gasteiger partial charge >= 0.3 is 6.18 Å². The SMILES string of the molecule is CC.CN(C(=O)C(C)(C)N(C=S)CCCC(=O)NCCOCCOCCOc1cccc2cccnc12)c1ccc(C#N)c(C(F)(F)F)c1. The lowest BCUT2D eigenvalue weighted by Crippen LogP contribution is -2.55. The molecule has 1 N–H and O–H groups in total. The summed E-state index contributed by atoms with van der Waals surface area (Å²) in [6.45, 7) is 9.55. The van der Waals surface area contributed by atoms with Gasteiger partial charge in [-0.25, -0.2) is 0 Å². The van der Waals surface area contributed by atoms with Crippen LogP contribution < -0.4 is 15.0 Å². The zero-order chi connectivity index (χ0) is 36.5. The van der Waals surface area contributed by atoms with Crippen LogP contribution in [-0.2, 0) is 25.2 Å². The van der Waals surface area contributed by atoms with Crippen LogP contribution in [0.4, 0.5) is 18.9 Å². The van der Waals surface area contributed by atoms with Crippen molar-refractivity contribution >= 4 is 46.1 Å². The number of thiocarbonyl (C=S) groups is 1. The molecule has 0 radical (unpaired) electrons. The Morgan fingerprint density at radius 2 is 1.69 bits per heavy atom. The molecule has 1 aromatic heterocycles. The van der Waals surface area contributed by atoms with Gasteiger partial charge in [0.05, 0.1) is 49.1 Å². The Kier molecular flexibility index (Phi) is 16.9. The second-order valence-corrected chi connectivity index (χ2v) is 11.1. The van der Waals surface area contributed by atoms with Gasteiger partial charge in [-0.2, -0.15) is 18.4 Å². The van der Waals surface area contributed by atoms with Crippen LogP contribution >= 0.6 is 12.2 Å². The van der Waals surface area contributed by atoms with Crippen LogP contribution in [0.2, 0.25) is 0 Å². The molecule has 0 aliphatic carbocycles. The summed E-state index contributed by atoms with van der Waals surface area (Å²) < 4.78 is 57.1. The van der Waals surface area contributed by atoms with E-state index >= 15 is 0 Å². The second-order valence-electron chi connectivity index (χ2n) is 10.9. The fourth-order valence-corrected chi connectivity index (χ4v) is 5.04. The summed E-state index contributed by atoms with van der Waals surface area (Å²) in [5, 5.41) is 12.8. The number of aromatic nitrogens is 1. The highest BCUT2D eigenvalue weighted by Gasteiger charge is 2.38. The topological polar surface area (TPSA) is 117 Å². The molecule has 2 aromatic carbocycles. The van der Waals surface area contributed by atoms with Gasteiger partial charge in [0.25, 0.3) is 5.91 Å². The molecular formula is C35H44F3N5O5S. The number of pyridine rings is 1. The molecule has 0 saturated heterocycles. The van der Waals surface area contributed by atoms with E-state index in [0.29, 0.717) is 51.7 Å². The van der Waals surface area contributed by atoms with Crippen molar-refractivity contribution in [2.24, 2.45) is 0 Å². The number of carbonyl (C=O) groups excluding carboxylic acids is 2. The number of anilines is 1. The van der Waals surface area contributed by atoms with Crippen LogP contribution in [0.5, 0.6) is 5.75 Å². The molecule has 49 heavy (non-hydrogen) atoms. The third kappa shape index (κ3) is 12.3. The summed E-state index contributed by atoms with van der Waals surface area (Å²) >= 11 is 5.12. The Morgan fingerprint density at radius 1 is 1.02 bits per heavy atom. The number of para-hydroxylation sites is 1. The molecule has 14 heteroatoms. The van der Waals surface area contributed by atoms with Crippen LogP contribution in [0.3, 0.4) is 0 Å². The molecule has 0 atom stereocenters. The minimum Gasteiger partial charge on any atom is -0.489 e. The minimum absolute atomic E-state index is 0.0180. The lowest BCUT2D eigenvalue weighted by atomic mass is 9.99. The number of ether oxygens (including phenoxy) is 3. The van der Waals surface area contributed by atoms with Gasteiger partial charge in [-0.3, -0.25) is 14.6 Å². The van der Waals surface area contributed by atoms with E-state index in [4.69, 9.17) is 31.7 Å². The molecular weight excluding hydrogens is 659 g/mol. The fraction of sp³-hybridized carbons (Fsp3) is 0.457. The Morgan fingerprint density at radius 3 is 2.37 bits per heavy atom. The number of nitriles is 1. The first-order chi connectivity index (χ1) is 23.4. The number of carbonyl (C=O) groups is 2. The molecule has 0 fully saturated rings. The number of hydrogen-bond acceptors (Lipinski definition) is 8. The maximum Gasteiger partial charge on any atom is 0.417 e. The highest BCUT2D eigenvalue weighted by Crippen LogP contribution is 2.35. The smallest absolute Gasteiger partial charge is 0.417 e. The standard InChI is InChI=1S/C33H38F3N5O5S.C2H6/c1-32(2,31(43)40(3)26-12-11-25(22-37)27(21-26)33(34,35)36)41(23-47)15-6-10-29(42)38-14-16-44-17-18-45-19-20-46-28-9-4-7-24-8-5-13-39-30(24)28;1-2/h4-5,7-9,11-13,21,23H,6,10,14-20H2,1-3H3,(H,38,42);1-2H3. The number of fused-ring (bicyclic) bond motifs is 1. The summed E-state index contributed by atoms with van der Waals surface area (Å²) in [6, 6.07) is 14.2. The van der Waals surface area contributed by atoms with E-state index in [1.807, 2.05) is 44.2 Å². The number of hydrogen-bond donors (Lipinski definition) is 1. The number of halogens is 3. The number of likely N-dealkylation sites (N-methyl/N-ethyl adjacent to an activating group) is 1. The van der Waals surface area contributed by atoms with Crippen molar-refractivity contribution in [1.82, 2.24) is 15.2 Å². The summed E-state index contributed by atoms with van der Waals surface area (Å²) in [4.78, 5) is 32.7. The third-order valence-corrected chi connectivity index (χ3v) is 7.57. The molecule has 0 aliphatic heterocycles. The highest BCUT2D eigenvalue weighted by molar-refractivity contribution is 7.78. The molecule has 3 aromatic rings. The third-order valence-electron chi connectivity index (χ3n) is 7.31. The van der Waals surface area contributed by atoms with Gasteiger partial charge < -0.3 is 29.3 Å². The van der Waals surface area contributed by atoms with Gasteiger partial charge in [0.2, 0.25) is 5.91 Å². The number of amides is 2. The number of alkyl halides is 3. The molecule has 3 rings (SSSR count). The van der Waals surface area contributed by atoms with E-state index in [2.05, 4.69) is 10.3 Å². The van der Waals surface area contributed by atoms with Gasteiger partial charge in [-0.05, 0) is 50.6 Å². The minimum atomic E-state index is -4.75. The zero-order valence-electron chi connectivity index (χ0n) is 28.5. The Labute approximate surface area is 291 Å². The van der Waals surface area contributed by atoms with Gasteiger partial charge in [0.15, 0.2) is 0 Å². The molecule has 10 nitrogen and oxygen atoms in total. The van der Waals surface area contributed by atoms with Gasteiger partial charge in [-0.15, -0.1) is 0 Å². The maximum absolute atomic E-state index is 13.4. The summed E-state index contributed by atoms with van der Waals surface area (Å²) in [7, 11) is 1.36. The van der Waals surface area contributed by atoms with Crippen LogP contribution in [0.25, 0.3) is 10.9 Å². The molecule has 1 heterocycles. The molecule has 266 valence electrons. The van der Waals surface area contributed by atoms with Crippen molar-refractivity contribution in [1.29, 1.82) is 5.26 Å². The van der Waals surface area contributed by atoms with Gasteiger partial charge in [-0.1, -0.05) is 44.3 Å². The predicted octanol–water partition coefficient (Wildman–Crippen LogP) is 6.16. The summed E-state index contributed by atoms with van der Waals surface area (Å²) in [5.41, 5.74) is -0.804. The van der Waals surface area contributed by atoms with Crippen LogP contribution in [-0.4, -0.2) is 85.9 Å². The second kappa shape index (κ2) is 20.3. The number of nitrogens with one attached hydrogen (secondary N) is 1. The first-order valence-corrected chi connectivity index (χ1v) is 16.4. The fourth-order valence-electron chi connectivity index (χ4n) is 4.67. The number of benzene rings is 2. The zero-order valence-corrected chi connectivity index (χ0v) is 29.3. The predicted molar refractivity (Wildman–Crippen MR) is 186 cm³/mol. The molecule has 0 unspecified atom stereocenters. The monoisotopic (exact) mass is 703 g/mol. The number of rotatable bonds is 18. The van der Waals surface area contributed by atoms with Crippen LogP contribution in [0, 0.1) is 11.3 Å². The van der Waals surface area contributed by atoms with E-state index in [1.165, 1.54) is 24.7 Å². The first kappa shape index (κ1) is 40.9. The van der Waals surface area contributed by atoms with Crippen molar-refractivity contribution in [2.45, 2.75) is 52.3 Å². The van der Waals surface area contributed by atoms with Gasteiger partial charge in [0, 0.05) is 43.8 Å². The highest BCUT2D eigenvalue weighted by atomic mass is 32.1. The number of nitrogens with zero attached hydrogens (tertiary/aromatic N) is 4. The molecule has 0 spiro atoms. The van der Waals surface area contributed by atoms with Gasteiger partial charge in [0.1, 0.15) is 23.4 Å². The van der Waals surface area contributed by atoms with Crippen LogP contribution in [0.1, 0.15) is 51.7 Å². The molecule has 0 saturated carbocycles. The average molecular weight is 704 g/mol. The quantitative estimate of drug-likeness (QED) is 0.123. The lowest BCUT2D eigenvalue weighted by molar-refractivity contribution is -0.138. The summed E-state index contributed by atoms with van der Waals surface area (Å²) in [6.07, 6.45) is -2.49. The van der Waals surface area contributed by atoms with E-state index in [9.17, 15) is 22.8 Å².